The smallest absolute Gasteiger partial charge is 0.306 e. The second-order valence-electron chi connectivity index (χ2n) is 2.62. The molecule has 0 aromatic rings. The van der Waals surface area contributed by atoms with Crippen LogP contribution >= 0.6 is 0 Å². The molecule has 0 heterocycles. The molecule has 11 heavy (non-hydrogen) atoms. The van der Waals surface area contributed by atoms with Crippen molar-refractivity contribution in [1.82, 2.24) is 0 Å². The van der Waals surface area contributed by atoms with Crippen LogP contribution in [0.25, 0.3) is 0 Å². The van der Waals surface area contributed by atoms with Gasteiger partial charge in [-0.1, -0.05) is 6.92 Å². The van der Waals surface area contributed by atoms with Gasteiger partial charge in [0.05, 0.1) is 0 Å². The molecule has 0 unspecified atom stereocenters. The third-order valence-electron chi connectivity index (χ3n) is 1.42. The van der Waals surface area contributed by atoms with E-state index in [9.17, 15) is 9.18 Å². The fourth-order valence-electron chi connectivity index (χ4n) is 0.564. The van der Waals surface area contributed by atoms with Crippen molar-refractivity contribution in [2.24, 2.45) is 0 Å². The summed E-state index contributed by atoms with van der Waals surface area (Å²) in [4.78, 5) is 10.8. The fourth-order valence-corrected chi connectivity index (χ4v) is 0.564. The summed E-state index contributed by atoms with van der Waals surface area (Å²) in [5.41, 5.74) is 0. The Morgan fingerprint density at radius 3 is 2.45 bits per heavy atom. The zero-order valence-corrected chi connectivity index (χ0v) is 7.26. The van der Waals surface area contributed by atoms with E-state index in [2.05, 4.69) is 0 Å². The molecule has 0 aliphatic carbocycles. The number of hydrogen-bond donors (Lipinski definition) is 0. The number of ether oxygens (including phenoxy) is 1. The molecule has 0 aromatic heterocycles. The summed E-state index contributed by atoms with van der Waals surface area (Å²) in [5.74, 6) is -0.315. The first kappa shape index (κ1) is 10.4. The molecule has 0 rings (SSSR count). The van der Waals surface area contributed by atoms with E-state index in [-0.39, 0.29) is 5.97 Å². The predicted molar refractivity (Wildman–Crippen MR) is 41.0 cm³/mol. The van der Waals surface area contributed by atoms with Crippen LogP contribution in [0.15, 0.2) is 0 Å². The van der Waals surface area contributed by atoms with Crippen LogP contribution in [-0.2, 0) is 9.53 Å². The topological polar surface area (TPSA) is 26.3 Å². The summed E-state index contributed by atoms with van der Waals surface area (Å²) < 4.78 is 17.2. The Hall–Kier alpha value is -0.600. The van der Waals surface area contributed by atoms with Gasteiger partial charge in [-0.3, -0.25) is 4.79 Å². The lowest BCUT2D eigenvalue weighted by Crippen LogP contribution is -2.22. The van der Waals surface area contributed by atoms with E-state index < -0.39 is 12.3 Å². The van der Waals surface area contributed by atoms with Crippen LogP contribution in [0.3, 0.4) is 0 Å². The highest BCUT2D eigenvalue weighted by molar-refractivity contribution is 5.69. The maximum atomic E-state index is 12.4. The van der Waals surface area contributed by atoms with Gasteiger partial charge in [0.2, 0.25) is 0 Å². The Balaban J connectivity index is 3.57. The minimum absolute atomic E-state index is 0.315. The van der Waals surface area contributed by atoms with E-state index in [1.54, 1.807) is 6.92 Å². The van der Waals surface area contributed by atoms with Crippen molar-refractivity contribution < 1.29 is 13.9 Å². The van der Waals surface area contributed by atoms with E-state index in [0.29, 0.717) is 6.42 Å². The molecule has 0 saturated carbocycles. The van der Waals surface area contributed by atoms with Crippen molar-refractivity contribution in [2.75, 3.05) is 0 Å². The van der Waals surface area contributed by atoms with Gasteiger partial charge in [0.25, 0.3) is 0 Å². The predicted octanol–water partition coefficient (Wildman–Crippen LogP) is 2.08. The number of hydrogen-bond acceptors (Lipinski definition) is 2. The Bertz CT molecular complexity index is 123. The molecule has 0 spiro atoms. The zero-order valence-electron chi connectivity index (χ0n) is 7.26. The molecule has 0 radical (unpaired) electrons. The third kappa shape index (κ3) is 4.76. The van der Waals surface area contributed by atoms with E-state index in [1.165, 1.54) is 6.92 Å². The van der Waals surface area contributed by atoms with Crippen LogP contribution in [0.4, 0.5) is 4.39 Å². The molecule has 2 atom stereocenters. The second-order valence-corrected chi connectivity index (χ2v) is 2.62. The molecule has 0 saturated heterocycles. The minimum atomic E-state index is -1.09. The van der Waals surface area contributed by atoms with Gasteiger partial charge >= 0.3 is 5.97 Å². The maximum Gasteiger partial charge on any atom is 0.306 e. The second kappa shape index (κ2) is 5.10. The molecule has 66 valence electrons. The molecule has 3 heteroatoms. The number of halogens is 1. The quantitative estimate of drug-likeness (QED) is 0.591. The molecule has 0 bridgehead atoms. The summed E-state index contributed by atoms with van der Waals surface area (Å²) in [6.45, 7) is 4.81. The van der Waals surface area contributed by atoms with Gasteiger partial charge in [0.15, 0.2) is 0 Å². The van der Waals surface area contributed by atoms with E-state index in [4.69, 9.17) is 4.74 Å². The minimum Gasteiger partial charge on any atom is -0.460 e. The van der Waals surface area contributed by atoms with Gasteiger partial charge in [0.1, 0.15) is 12.3 Å². The Labute approximate surface area is 66.7 Å². The van der Waals surface area contributed by atoms with Crippen LogP contribution < -0.4 is 0 Å². The first-order valence-corrected chi connectivity index (χ1v) is 3.91. The largest absolute Gasteiger partial charge is 0.460 e. The highest BCUT2D eigenvalue weighted by Crippen LogP contribution is 2.04. The number of alkyl halides is 1. The van der Waals surface area contributed by atoms with E-state index >= 15 is 0 Å². The molecule has 0 amide bonds. The van der Waals surface area contributed by atoms with Crippen LogP contribution in [0.1, 0.15) is 33.6 Å². The monoisotopic (exact) mass is 162 g/mol. The Kier molecular flexibility index (Phi) is 4.83. The average molecular weight is 162 g/mol. The number of carbonyl (C=O) groups excluding carboxylic acids is 1. The first-order valence-electron chi connectivity index (χ1n) is 3.91. The van der Waals surface area contributed by atoms with Crippen molar-refractivity contribution in [2.45, 2.75) is 45.9 Å². The summed E-state index contributed by atoms with van der Waals surface area (Å²) in [6.07, 6.45) is -0.589. The van der Waals surface area contributed by atoms with Gasteiger partial charge in [-0.2, -0.15) is 0 Å². The normalized spacial score (nSPS) is 15.6. The van der Waals surface area contributed by atoms with Crippen LogP contribution in [0.5, 0.6) is 0 Å². The maximum absolute atomic E-state index is 12.4. The molecule has 0 aliphatic heterocycles. The van der Waals surface area contributed by atoms with Crippen molar-refractivity contribution in [3.05, 3.63) is 0 Å². The summed E-state index contributed by atoms with van der Waals surface area (Å²) in [5, 5.41) is 0. The fraction of sp³-hybridized carbons (Fsp3) is 0.875. The van der Waals surface area contributed by atoms with E-state index in [0.717, 1.165) is 6.42 Å². The molecule has 0 fully saturated rings. The third-order valence-corrected chi connectivity index (χ3v) is 1.42. The van der Waals surface area contributed by atoms with Crippen molar-refractivity contribution in [3.8, 4) is 0 Å². The highest BCUT2D eigenvalue weighted by atomic mass is 19.1. The number of rotatable bonds is 4. The first-order chi connectivity index (χ1) is 5.07. The van der Waals surface area contributed by atoms with Crippen molar-refractivity contribution >= 4 is 5.97 Å². The average Bonchev–Trinajstić information content (AvgIpc) is 1.87. The SMILES string of the molecule is CCCC(=O)O[C@H](C)[C@@H](C)F. The van der Waals surface area contributed by atoms with Gasteiger partial charge in [0, 0.05) is 6.42 Å². The summed E-state index contributed by atoms with van der Waals surface area (Å²) in [7, 11) is 0. The molecule has 0 N–H and O–H groups in total. The number of carbonyl (C=O) groups is 1. The standard InChI is InChI=1S/C8H15FO2/c1-4-5-8(10)11-7(3)6(2)9/h6-7H,4-5H2,1-3H3/t6-,7-/m1/s1. The molecule has 0 aromatic carbocycles. The molecular formula is C8H15FO2. The number of esters is 1. The zero-order chi connectivity index (χ0) is 8.85. The molecule has 2 nitrogen and oxygen atoms in total. The van der Waals surface area contributed by atoms with Gasteiger partial charge in [-0.15, -0.1) is 0 Å². The molecule has 0 aliphatic rings. The van der Waals surface area contributed by atoms with Crippen molar-refractivity contribution in [3.63, 3.8) is 0 Å². The van der Waals surface area contributed by atoms with Gasteiger partial charge in [-0.05, 0) is 20.3 Å². The summed E-state index contributed by atoms with van der Waals surface area (Å²) >= 11 is 0. The van der Waals surface area contributed by atoms with Gasteiger partial charge in [-0.25, -0.2) is 4.39 Å². The van der Waals surface area contributed by atoms with Crippen LogP contribution in [0, 0.1) is 0 Å². The lowest BCUT2D eigenvalue weighted by atomic mass is 10.3. The van der Waals surface area contributed by atoms with Crippen molar-refractivity contribution in [1.29, 1.82) is 0 Å². The van der Waals surface area contributed by atoms with Crippen LogP contribution in [0.2, 0.25) is 0 Å². The highest BCUT2D eigenvalue weighted by Gasteiger charge is 2.14. The lowest BCUT2D eigenvalue weighted by Gasteiger charge is -2.13. The molecular weight excluding hydrogens is 147 g/mol. The summed E-state index contributed by atoms with van der Waals surface area (Å²) in [6, 6.07) is 0. The van der Waals surface area contributed by atoms with Gasteiger partial charge < -0.3 is 4.74 Å². The van der Waals surface area contributed by atoms with Crippen LogP contribution in [-0.4, -0.2) is 18.2 Å². The lowest BCUT2D eigenvalue weighted by molar-refractivity contribution is -0.151. The van der Waals surface area contributed by atoms with E-state index in [1.807, 2.05) is 6.92 Å². The Morgan fingerprint density at radius 1 is 1.55 bits per heavy atom. The Morgan fingerprint density at radius 2 is 2.09 bits per heavy atom.